The molecular formula is C86H70B2N2. The maximum Gasteiger partial charge on any atom is 0.248 e. The van der Waals surface area contributed by atoms with E-state index in [0.29, 0.717) is 0 Å². The Morgan fingerprint density at radius 3 is 0.922 bits per heavy atom. The Labute approximate surface area is 531 Å². The number of rotatable bonds is 8. The molecule has 0 saturated carbocycles. The van der Waals surface area contributed by atoms with Crippen LogP contribution in [0.2, 0.25) is 0 Å². The molecule has 2 aliphatic heterocycles. The minimum Gasteiger partial charge on any atom is -0.310 e. The summed E-state index contributed by atoms with van der Waals surface area (Å²) in [7, 11) is 0. The summed E-state index contributed by atoms with van der Waals surface area (Å²) in [4.78, 5) is 5.40. The van der Waals surface area contributed by atoms with Gasteiger partial charge in [0.05, 0.1) is 11.4 Å². The largest absolute Gasteiger partial charge is 0.310 e. The molecule has 0 aliphatic carbocycles. The summed E-state index contributed by atoms with van der Waals surface area (Å²) in [6.07, 6.45) is 0. The molecule has 430 valence electrons. The van der Waals surface area contributed by atoms with Crippen LogP contribution >= 0.6 is 0 Å². The van der Waals surface area contributed by atoms with Gasteiger partial charge in [0.15, 0.2) is 0 Å². The molecule has 0 atom stereocenters. The van der Waals surface area contributed by atoms with Crippen molar-refractivity contribution < 1.29 is 0 Å². The van der Waals surface area contributed by atoms with Crippen LogP contribution in [0.25, 0.3) is 76.8 Å². The van der Waals surface area contributed by atoms with Gasteiger partial charge in [-0.1, -0.05) is 275 Å². The third-order valence-corrected chi connectivity index (χ3v) is 20.2. The van der Waals surface area contributed by atoms with Crippen LogP contribution in [0.4, 0.5) is 34.1 Å². The van der Waals surface area contributed by atoms with Crippen molar-refractivity contribution in [2.45, 2.75) is 69.2 Å². The maximum atomic E-state index is 2.70. The molecule has 0 N–H and O–H groups in total. The van der Waals surface area contributed by atoms with Crippen molar-refractivity contribution in [3.8, 4) is 44.5 Å². The predicted octanol–water partition coefficient (Wildman–Crippen LogP) is 18.9. The third kappa shape index (κ3) is 8.27. The monoisotopic (exact) mass is 1150 g/mol. The van der Waals surface area contributed by atoms with E-state index in [1.165, 1.54) is 199 Å². The third-order valence-electron chi connectivity index (χ3n) is 20.2. The van der Waals surface area contributed by atoms with E-state index in [1.807, 2.05) is 0 Å². The van der Waals surface area contributed by atoms with Crippen molar-refractivity contribution in [2.75, 3.05) is 9.80 Å². The van der Waals surface area contributed by atoms with Crippen LogP contribution in [0.5, 0.6) is 0 Å². The molecule has 0 unspecified atom stereocenters. The second-order valence-corrected chi connectivity index (χ2v) is 25.9. The molecule has 0 aromatic heterocycles. The van der Waals surface area contributed by atoms with Crippen molar-refractivity contribution in [3.05, 3.63) is 298 Å². The molecule has 0 fully saturated rings. The van der Waals surface area contributed by atoms with Gasteiger partial charge in [0.2, 0.25) is 13.4 Å². The zero-order valence-electron chi connectivity index (χ0n) is 53.1. The Bertz CT molecular complexity index is 4850. The van der Waals surface area contributed by atoms with Crippen LogP contribution in [-0.4, -0.2) is 13.4 Å². The van der Waals surface area contributed by atoms with Crippen LogP contribution in [-0.2, 0) is 0 Å². The quantitative estimate of drug-likeness (QED) is 0.111. The van der Waals surface area contributed by atoms with E-state index in [4.69, 9.17) is 0 Å². The van der Waals surface area contributed by atoms with Crippen molar-refractivity contribution in [3.63, 3.8) is 0 Å². The highest BCUT2D eigenvalue weighted by atomic mass is 15.2. The minimum absolute atomic E-state index is 0.128. The molecule has 14 aromatic rings. The fourth-order valence-electron chi connectivity index (χ4n) is 17.0. The molecular weight excluding hydrogens is 1080 g/mol. The number of nitrogens with zero attached hydrogens (tertiary/aromatic N) is 2. The van der Waals surface area contributed by atoms with Crippen LogP contribution in [0.1, 0.15) is 55.6 Å². The van der Waals surface area contributed by atoms with Crippen molar-refractivity contribution in [1.29, 1.82) is 0 Å². The van der Waals surface area contributed by atoms with Gasteiger partial charge in [-0.05, 0) is 181 Å². The van der Waals surface area contributed by atoms with Gasteiger partial charge in [0.25, 0.3) is 0 Å². The summed E-state index contributed by atoms with van der Waals surface area (Å²) in [5, 5.41) is 7.52. The number of hydrogen-bond donors (Lipinski definition) is 0. The van der Waals surface area contributed by atoms with Crippen LogP contribution < -0.4 is 42.6 Å². The topological polar surface area (TPSA) is 6.48 Å². The van der Waals surface area contributed by atoms with Gasteiger partial charge in [-0.15, -0.1) is 0 Å². The summed E-state index contributed by atoms with van der Waals surface area (Å²) in [6, 6.07) is 93.0. The zero-order valence-corrected chi connectivity index (χ0v) is 53.1. The Kier molecular flexibility index (Phi) is 13.0. The highest BCUT2D eigenvalue weighted by Crippen LogP contribution is 2.55. The molecule has 0 bridgehead atoms. The highest BCUT2D eigenvalue weighted by Gasteiger charge is 2.45. The number of para-hydroxylation sites is 4. The van der Waals surface area contributed by atoms with Crippen molar-refractivity contribution in [2.24, 2.45) is 0 Å². The second-order valence-electron chi connectivity index (χ2n) is 25.9. The number of anilines is 6. The Hall–Kier alpha value is -10.2. The summed E-state index contributed by atoms with van der Waals surface area (Å²) in [5.41, 5.74) is 37.8. The number of hydrogen-bond acceptors (Lipinski definition) is 2. The van der Waals surface area contributed by atoms with Crippen molar-refractivity contribution >= 4 is 113 Å². The van der Waals surface area contributed by atoms with Gasteiger partial charge >= 0.3 is 0 Å². The van der Waals surface area contributed by atoms with Crippen LogP contribution in [0.15, 0.2) is 243 Å². The predicted molar refractivity (Wildman–Crippen MR) is 391 cm³/mol. The normalized spacial score (nSPS) is 12.7. The van der Waals surface area contributed by atoms with Gasteiger partial charge in [-0.3, -0.25) is 0 Å². The standard InChI is InChI=1S/C86H70B2N2/c1-51-47-57(7)79(58(8)48-51)87-71-39-21-23-41-73(71)89(83-53(3)27-25-28-54(83)4)85-69-45-44-68-76-70(46-43-67(75(69)76)77(81(85)87)65-37-19-17-35-63(65)61-31-13-11-14-32-61)86-82(78(68)66-38-20-18-36-64(66)62-33-15-12-16-34-62)88(80-59(9)49-52(2)50-60(80)10)72-40-22-24-42-74(72)90(86)84-55(5)29-26-30-56(84)6/h11-50H,1-10H3. The van der Waals surface area contributed by atoms with E-state index >= 15 is 0 Å². The first-order valence-electron chi connectivity index (χ1n) is 32.1. The number of benzene rings is 14. The van der Waals surface area contributed by atoms with Gasteiger partial charge in [0, 0.05) is 44.3 Å². The van der Waals surface area contributed by atoms with Gasteiger partial charge in [-0.25, -0.2) is 0 Å². The summed E-state index contributed by atoms with van der Waals surface area (Å²) >= 11 is 0. The summed E-state index contributed by atoms with van der Waals surface area (Å²) in [5.74, 6) is 0. The lowest BCUT2D eigenvalue weighted by Gasteiger charge is -2.43. The lowest BCUT2D eigenvalue weighted by molar-refractivity contribution is 1.23. The SMILES string of the molecule is Cc1cc(C)c(B2c3ccccc3N(c3c(C)cccc3C)c3c2c(-c2ccccc2-c2ccccc2)c2ccc4c5c(c(-c6ccccc6-c6ccccc6)c6ccc3c2c64)B(c2c(C)cc(C)cc2C)c2ccccc2N5c2c(C)cccc2C)c(C)c1. The average molecular weight is 1150 g/mol. The molecule has 0 spiro atoms. The molecule has 90 heavy (non-hydrogen) atoms. The average Bonchev–Trinajstić information content (AvgIpc) is 0.676. The molecule has 2 nitrogen and oxygen atoms in total. The number of aryl methyl sites for hydroxylation is 10. The first-order chi connectivity index (χ1) is 43.9. The van der Waals surface area contributed by atoms with Crippen LogP contribution in [0.3, 0.4) is 0 Å². The van der Waals surface area contributed by atoms with E-state index in [2.05, 4.69) is 322 Å². The molecule has 4 heteroatoms. The fraction of sp³-hybridized carbons (Fsp3) is 0.116. The van der Waals surface area contributed by atoms with E-state index in [-0.39, 0.29) is 13.4 Å². The van der Waals surface area contributed by atoms with E-state index < -0.39 is 0 Å². The Balaban J connectivity index is 1.20. The lowest BCUT2D eigenvalue weighted by atomic mass is 9.32. The minimum atomic E-state index is -0.128. The Morgan fingerprint density at radius 1 is 0.244 bits per heavy atom. The van der Waals surface area contributed by atoms with Gasteiger partial charge in [0.1, 0.15) is 0 Å². The maximum absolute atomic E-state index is 2.70. The van der Waals surface area contributed by atoms with E-state index in [1.54, 1.807) is 0 Å². The Morgan fingerprint density at radius 2 is 0.556 bits per heavy atom. The molecule has 2 aliphatic rings. The molecule has 14 aromatic carbocycles. The van der Waals surface area contributed by atoms with Crippen LogP contribution in [0, 0.1) is 69.2 Å². The van der Waals surface area contributed by atoms with Gasteiger partial charge < -0.3 is 9.80 Å². The molecule has 0 saturated heterocycles. The first-order valence-corrected chi connectivity index (χ1v) is 32.1. The van der Waals surface area contributed by atoms with Gasteiger partial charge in [-0.2, -0.15) is 0 Å². The smallest absolute Gasteiger partial charge is 0.248 e. The molecule has 0 amide bonds. The second kappa shape index (κ2) is 21.3. The van der Waals surface area contributed by atoms with Crippen molar-refractivity contribution in [1.82, 2.24) is 0 Å². The lowest BCUT2D eigenvalue weighted by Crippen LogP contribution is -2.59. The molecule has 2 heterocycles. The summed E-state index contributed by atoms with van der Waals surface area (Å²) in [6.45, 7) is 22.9. The highest BCUT2D eigenvalue weighted by molar-refractivity contribution is 7.00. The first kappa shape index (κ1) is 55.2. The fourth-order valence-corrected chi connectivity index (χ4v) is 17.0. The van der Waals surface area contributed by atoms with E-state index in [9.17, 15) is 0 Å². The molecule has 16 rings (SSSR count). The molecule has 0 radical (unpaired) electrons. The zero-order chi connectivity index (χ0) is 61.4. The number of fused-ring (bicyclic) bond motifs is 6. The van der Waals surface area contributed by atoms with E-state index in [0.717, 1.165) is 0 Å². The summed E-state index contributed by atoms with van der Waals surface area (Å²) < 4.78 is 0.